The lowest BCUT2D eigenvalue weighted by molar-refractivity contribution is -0.118. The van der Waals surface area contributed by atoms with Crippen LogP contribution in [0.3, 0.4) is 0 Å². The number of fused-ring (bicyclic) bond motifs is 1. The van der Waals surface area contributed by atoms with Gasteiger partial charge >= 0.3 is 0 Å². The van der Waals surface area contributed by atoms with Gasteiger partial charge < -0.3 is 24.2 Å². The van der Waals surface area contributed by atoms with Gasteiger partial charge in [-0.1, -0.05) is 35.9 Å². The summed E-state index contributed by atoms with van der Waals surface area (Å²) in [4.78, 5) is 17.4. The summed E-state index contributed by atoms with van der Waals surface area (Å²) in [6, 6.07) is 22.9. The molecule has 3 aromatic carbocycles. The van der Waals surface area contributed by atoms with E-state index < -0.39 is 5.60 Å². The van der Waals surface area contributed by atoms with Crippen LogP contribution in [0.25, 0.3) is 0 Å². The van der Waals surface area contributed by atoms with Crippen molar-refractivity contribution < 1.29 is 24.1 Å². The van der Waals surface area contributed by atoms with Gasteiger partial charge in [-0.25, -0.2) is 0 Å². The predicted octanol–water partition coefficient (Wildman–Crippen LogP) is 5.83. The average Bonchev–Trinajstić information content (AvgIpc) is 2.97. The lowest BCUT2D eigenvalue weighted by atomic mass is 9.77. The Bertz CT molecular complexity index is 1370. The van der Waals surface area contributed by atoms with Crippen molar-refractivity contribution in [3.8, 4) is 11.5 Å². The Morgan fingerprint density at radius 1 is 1.05 bits per heavy atom. The van der Waals surface area contributed by atoms with E-state index in [1.54, 1.807) is 25.3 Å². The molecule has 8 heteroatoms. The van der Waals surface area contributed by atoms with Crippen LogP contribution in [0.15, 0.2) is 54.6 Å². The number of methoxy groups -OCH3 is 1. The summed E-state index contributed by atoms with van der Waals surface area (Å²) in [6.45, 7) is 10.1. The van der Waals surface area contributed by atoms with Crippen molar-refractivity contribution in [1.82, 2.24) is 4.90 Å². The van der Waals surface area contributed by atoms with Crippen molar-refractivity contribution in [3.05, 3.63) is 88.4 Å². The summed E-state index contributed by atoms with van der Waals surface area (Å²) in [7, 11) is 1.62. The molecule has 3 aliphatic heterocycles. The number of halogens is 1. The van der Waals surface area contributed by atoms with E-state index in [9.17, 15) is 9.90 Å². The second-order valence-electron chi connectivity index (χ2n) is 11.9. The molecular weight excluding hydrogens is 564 g/mol. The van der Waals surface area contributed by atoms with Crippen LogP contribution in [0.4, 0.5) is 5.69 Å². The minimum atomic E-state index is -0.904. The van der Waals surface area contributed by atoms with Gasteiger partial charge in [-0.2, -0.15) is 0 Å². The van der Waals surface area contributed by atoms with E-state index in [2.05, 4.69) is 17.0 Å². The SMILES string of the molecule is COc1cc2c(cc1OC(C)C)CN(c1ccc(C(C)(O)C3CCN(C4COC4)CC3)cc1)C(=O)C2.Clc1cc#ccc1. The molecule has 1 amide bonds. The highest BCUT2D eigenvalue weighted by Crippen LogP contribution is 2.39. The number of rotatable bonds is 7. The Morgan fingerprint density at radius 2 is 1.74 bits per heavy atom. The molecule has 0 aromatic heterocycles. The second-order valence-corrected chi connectivity index (χ2v) is 12.4. The summed E-state index contributed by atoms with van der Waals surface area (Å²) in [5.74, 6) is 1.61. The monoisotopic (exact) mass is 604 g/mol. The molecule has 0 aliphatic carbocycles. The molecule has 1 atom stereocenters. The summed E-state index contributed by atoms with van der Waals surface area (Å²) < 4.78 is 16.8. The third-order valence-electron chi connectivity index (χ3n) is 8.66. The molecule has 43 heavy (non-hydrogen) atoms. The molecule has 6 rings (SSSR count). The van der Waals surface area contributed by atoms with E-state index in [0.717, 1.165) is 61.5 Å². The molecule has 7 nitrogen and oxygen atoms in total. The summed E-state index contributed by atoms with van der Waals surface area (Å²) in [6.07, 6.45) is 2.28. The van der Waals surface area contributed by atoms with Crippen molar-refractivity contribution in [1.29, 1.82) is 0 Å². The van der Waals surface area contributed by atoms with Crippen molar-refractivity contribution in [2.75, 3.05) is 38.3 Å². The van der Waals surface area contributed by atoms with Crippen LogP contribution in [0, 0.1) is 18.1 Å². The number of ether oxygens (including phenoxy) is 3. The van der Waals surface area contributed by atoms with Gasteiger partial charge in [-0.15, -0.1) is 0 Å². The van der Waals surface area contributed by atoms with E-state index in [4.69, 9.17) is 25.8 Å². The normalized spacial score (nSPS) is 19.0. The van der Waals surface area contributed by atoms with E-state index in [0.29, 0.717) is 35.5 Å². The number of nitrogens with zero attached hydrogens (tertiary/aromatic N) is 2. The Balaban J connectivity index is 0.000000463. The molecular formula is C35H41ClN2O5. The second kappa shape index (κ2) is 13.6. The first kappa shape index (κ1) is 31.2. The number of amides is 1. The summed E-state index contributed by atoms with van der Waals surface area (Å²) in [5, 5.41) is 12.2. The number of carbonyl (C=O) groups excluding carboxylic acids is 1. The van der Waals surface area contributed by atoms with Gasteiger partial charge in [0.15, 0.2) is 11.5 Å². The quantitative estimate of drug-likeness (QED) is 0.366. The van der Waals surface area contributed by atoms with Crippen LogP contribution in [-0.2, 0) is 28.1 Å². The van der Waals surface area contributed by atoms with Crippen LogP contribution in [-0.4, -0.2) is 61.5 Å². The number of likely N-dealkylation sites (tertiary alicyclic amines) is 1. The molecule has 2 fully saturated rings. The van der Waals surface area contributed by atoms with Gasteiger partial charge in [0.25, 0.3) is 0 Å². The number of anilines is 1. The Hall–Kier alpha value is -3.28. The summed E-state index contributed by atoms with van der Waals surface area (Å²) in [5.41, 5.74) is 2.87. The molecule has 3 heterocycles. The average molecular weight is 605 g/mol. The number of benzene rings is 2. The predicted molar refractivity (Wildman–Crippen MR) is 168 cm³/mol. The Morgan fingerprint density at radius 3 is 2.28 bits per heavy atom. The first-order valence-corrected chi connectivity index (χ1v) is 15.4. The van der Waals surface area contributed by atoms with Gasteiger partial charge in [0.05, 0.1) is 51.0 Å². The van der Waals surface area contributed by atoms with Crippen molar-refractivity contribution >= 4 is 23.2 Å². The number of aliphatic hydroxyl groups is 1. The first-order valence-electron chi connectivity index (χ1n) is 15.0. The maximum Gasteiger partial charge on any atom is 0.231 e. The van der Waals surface area contributed by atoms with Gasteiger partial charge in [0.1, 0.15) is 0 Å². The largest absolute Gasteiger partial charge is 0.493 e. The maximum atomic E-state index is 13.1. The van der Waals surface area contributed by atoms with Gasteiger partial charge in [-0.3, -0.25) is 9.69 Å². The topological polar surface area (TPSA) is 71.5 Å². The highest BCUT2D eigenvalue weighted by atomic mass is 35.5. The minimum absolute atomic E-state index is 0.0260. The molecule has 0 bridgehead atoms. The molecule has 0 saturated carbocycles. The smallest absolute Gasteiger partial charge is 0.231 e. The zero-order chi connectivity index (χ0) is 30.6. The van der Waals surface area contributed by atoms with Crippen LogP contribution >= 0.6 is 11.6 Å². The van der Waals surface area contributed by atoms with E-state index in [-0.39, 0.29) is 17.9 Å². The van der Waals surface area contributed by atoms with E-state index in [1.807, 2.05) is 62.1 Å². The van der Waals surface area contributed by atoms with Crippen LogP contribution in [0.1, 0.15) is 50.3 Å². The third-order valence-corrected chi connectivity index (χ3v) is 8.90. The molecule has 2 saturated heterocycles. The van der Waals surface area contributed by atoms with Crippen LogP contribution in [0.2, 0.25) is 5.02 Å². The molecule has 228 valence electrons. The number of hydrogen-bond donors (Lipinski definition) is 1. The fourth-order valence-corrected chi connectivity index (χ4v) is 6.13. The standard InChI is InChI=1S/C29H38N2O5.C6H3Cl/c1-19(2)36-27-14-21-16-31(28(32)15-20(21)13-26(27)34-4)24-7-5-22(6-8-24)29(3,33)23-9-11-30(12-10-23)25-17-35-18-25;7-6-4-2-1-3-5-6/h5-8,13-14,19,23,25,33H,9-12,15-18H2,1-4H3;2,4-5H. The zero-order valence-electron chi connectivity index (χ0n) is 25.4. The fourth-order valence-electron chi connectivity index (χ4n) is 6.02. The summed E-state index contributed by atoms with van der Waals surface area (Å²) >= 11 is 5.49. The highest BCUT2D eigenvalue weighted by molar-refractivity contribution is 6.30. The van der Waals surface area contributed by atoms with Gasteiger partial charge in [0, 0.05) is 16.8 Å². The lowest BCUT2D eigenvalue weighted by Gasteiger charge is -2.44. The molecule has 3 aromatic rings. The maximum absolute atomic E-state index is 13.1. The molecule has 1 unspecified atom stereocenters. The molecule has 1 N–H and O–H groups in total. The van der Waals surface area contributed by atoms with E-state index >= 15 is 0 Å². The van der Waals surface area contributed by atoms with Crippen LogP contribution in [0.5, 0.6) is 11.5 Å². The minimum Gasteiger partial charge on any atom is -0.493 e. The Labute approximate surface area is 260 Å². The lowest BCUT2D eigenvalue weighted by Crippen LogP contribution is -2.53. The number of carbonyl (C=O) groups is 1. The highest BCUT2D eigenvalue weighted by Gasteiger charge is 2.38. The number of hydrogen-bond acceptors (Lipinski definition) is 6. The van der Waals surface area contributed by atoms with Gasteiger partial charge in [-0.05, 0) is 106 Å². The van der Waals surface area contributed by atoms with Crippen LogP contribution < -0.4 is 14.4 Å². The fraction of sp³-hybridized carbons (Fsp3) is 0.457. The molecule has 0 spiro atoms. The first-order chi connectivity index (χ1) is 20.7. The van der Waals surface area contributed by atoms with Crippen molar-refractivity contribution in [2.45, 2.75) is 64.3 Å². The Kier molecular flexibility index (Phi) is 9.83. The van der Waals surface area contributed by atoms with Gasteiger partial charge in [0.2, 0.25) is 5.91 Å². The molecule has 3 aliphatic rings. The third kappa shape index (κ3) is 7.27. The van der Waals surface area contributed by atoms with Crippen molar-refractivity contribution in [2.24, 2.45) is 5.92 Å². The zero-order valence-corrected chi connectivity index (χ0v) is 26.2. The van der Waals surface area contributed by atoms with Crippen molar-refractivity contribution in [3.63, 3.8) is 0 Å². The van der Waals surface area contributed by atoms with E-state index in [1.165, 1.54) is 0 Å². The number of piperidine rings is 1. The molecule has 0 radical (unpaired) electrons.